The lowest BCUT2D eigenvalue weighted by atomic mass is 10.1. The highest BCUT2D eigenvalue weighted by Crippen LogP contribution is 2.18. The summed E-state index contributed by atoms with van der Waals surface area (Å²) in [5, 5.41) is 7.32. The van der Waals surface area contributed by atoms with Crippen LogP contribution >= 0.6 is 0 Å². The van der Waals surface area contributed by atoms with E-state index in [4.69, 9.17) is 4.74 Å². The van der Waals surface area contributed by atoms with Crippen LogP contribution in [0.15, 0.2) is 30.5 Å². The molecule has 1 N–H and O–H groups in total. The third-order valence-electron chi connectivity index (χ3n) is 3.61. The molecule has 0 aliphatic carbocycles. The molecule has 1 atom stereocenters. The number of carbonyl (C=O) groups is 1. The van der Waals surface area contributed by atoms with Gasteiger partial charge in [0, 0.05) is 12.7 Å². The lowest BCUT2D eigenvalue weighted by Crippen LogP contribution is -2.37. The number of carbonyl (C=O) groups excluding carboxylic acids is 1. The van der Waals surface area contributed by atoms with Gasteiger partial charge in [0.25, 0.3) is 5.91 Å². The number of ether oxygens (including phenoxy) is 1. The van der Waals surface area contributed by atoms with Gasteiger partial charge in [-0.05, 0) is 31.9 Å². The molecule has 0 aliphatic rings. The second kappa shape index (κ2) is 7.95. The molecule has 0 unspecified atom stereocenters. The predicted octanol–water partition coefficient (Wildman–Crippen LogP) is 3.36. The number of aryl methyl sites for hydroxylation is 1. The molecule has 0 aliphatic heterocycles. The molecule has 1 heterocycles. The number of rotatable bonds is 7. The van der Waals surface area contributed by atoms with E-state index in [0.29, 0.717) is 12.1 Å². The number of benzene rings is 1. The van der Waals surface area contributed by atoms with E-state index < -0.39 is 5.82 Å². The molecule has 1 amide bonds. The first kappa shape index (κ1) is 18.0. The Bertz CT molecular complexity index is 697. The van der Waals surface area contributed by atoms with E-state index in [1.54, 1.807) is 29.1 Å². The van der Waals surface area contributed by atoms with Crippen LogP contribution in [0.3, 0.4) is 0 Å². The summed E-state index contributed by atoms with van der Waals surface area (Å²) in [5.41, 5.74) is 1.35. The van der Waals surface area contributed by atoms with E-state index in [2.05, 4.69) is 10.4 Å². The summed E-state index contributed by atoms with van der Waals surface area (Å²) in [4.78, 5) is 12.5. The summed E-state index contributed by atoms with van der Waals surface area (Å²) in [6.07, 6.45) is 1.76. The van der Waals surface area contributed by atoms with Crippen molar-refractivity contribution in [3.63, 3.8) is 0 Å². The first-order valence-electron chi connectivity index (χ1n) is 8.17. The van der Waals surface area contributed by atoms with Crippen LogP contribution in [0.25, 0.3) is 0 Å². The minimum atomic E-state index is -0.414. The number of hydrogen-bond acceptors (Lipinski definition) is 3. The third kappa shape index (κ3) is 4.34. The zero-order valence-corrected chi connectivity index (χ0v) is 14.5. The van der Waals surface area contributed by atoms with Crippen LogP contribution in [0.1, 0.15) is 49.7 Å². The first-order valence-corrected chi connectivity index (χ1v) is 8.17. The maximum atomic E-state index is 13.5. The van der Waals surface area contributed by atoms with Crippen molar-refractivity contribution in [3.05, 3.63) is 47.5 Å². The highest BCUT2D eigenvalue weighted by molar-refractivity contribution is 5.95. The fraction of sp³-hybridized carbons (Fsp3) is 0.444. The average molecular weight is 333 g/mol. The molecule has 1 aromatic heterocycles. The van der Waals surface area contributed by atoms with Crippen molar-refractivity contribution in [2.24, 2.45) is 0 Å². The van der Waals surface area contributed by atoms with Gasteiger partial charge in [-0.2, -0.15) is 5.10 Å². The molecule has 2 aromatic rings. The smallest absolute Gasteiger partial charge is 0.255 e. The fourth-order valence-corrected chi connectivity index (χ4v) is 2.32. The molecule has 0 radical (unpaired) electrons. The van der Waals surface area contributed by atoms with Crippen LogP contribution in [-0.2, 0) is 6.54 Å². The number of para-hydroxylation sites is 1. The topological polar surface area (TPSA) is 56.2 Å². The van der Waals surface area contributed by atoms with E-state index in [-0.39, 0.29) is 30.2 Å². The zero-order valence-electron chi connectivity index (χ0n) is 14.5. The standard InChI is InChI=1S/C18H24FN3O2/c1-5-22-10-14(17(21-22)12(2)3)18(23)20-13(4)11-24-16-9-7-6-8-15(16)19/h6-10,12-13H,5,11H2,1-4H3,(H,20,23)/t13-/m0/s1. The normalized spacial score (nSPS) is 12.2. The van der Waals surface area contributed by atoms with E-state index in [1.165, 1.54) is 6.07 Å². The highest BCUT2D eigenvalue weighted by Gasteiger charge is 2.20. The summed E-state index contributed by atoms with van der Waals surface area (Å²) in [6, 6.07) is 5.95. The number of nitrogens with one attached hydrogen (secondary N) is 1. The van der Waals surface area contributed by atoms with Gasteiger partial charge in [0.1, 0.15) is 6.61 Å². The minimum Gasteiger partial charge on any atom is -0.488 e. The van der Waals surface area contributed by atoms with Gasteiger partial charge in [0.15, 0.2) is 11.6 Å². The molecule has 0 fully saturated rings. The van der Waals surface area contributed by atoms with E-state index in [0.717, 1.165) is 5.69 Å². The monoisotopic (exact) mass is 333 g/mol. The zero-order chi connectivity index (χ0) is 17.7. The summed E-state index contributed by atoms with van der Waals surface area (Å²) in [7, 11) is 0. The molecule has 1 aromatic carbocycles. The number of halogens is 1. The van der Waals surface area contributed by atoms with Gasteiger partial charge in [0.05, 0.1) is 17.3 Å². The average Bonchev–Trinajstić information content (AvgIpc) is 2.99. The molecule has 5 nitrogen and oxygen atoms in total. The first-order chi connectivity index (χ1) is 11.4. The van der Waals surface area contributed by atoms with Gasteiger partial charge in [-0.3, -0.25) is 9.48 Å². The molecule has 2 rings (SSSR count). The number of nitrogens with zero attached hydrogens (tertiary/aromatic N) is 2. The molecular formula is C18H24FN3O2. The predicted molar refractivity (Wildman–Crippen MR) is 90.8 cm³/mol. The van der Waals surface area contributed by atoms with Gasteiger partial charge in [-0.1, -0.05) is 26.0 Å². The Kier molecular flexibility index (Phi) is 5.95. The molecule has 0 saturated carbocycles. The quantitative estimate of drug-likeness (QED) is 0.845. The summed E-state index contributed by atoms with van der Waals surface area (Å²) >= 11 is 0. The Hall–Kier alpha value is -2.37. The van der Waals surface area contributed by atoms with E-state index in [1.807, 2.05) is 27.7 Å². The second-order valence-corrected chi connectivity index (χ2v) is 6.05. The molecule has 130 valence electrons. The summed E-state index contributed by atoms with van der Waals surface area (Å²) in [6.45, 7) is 8.69. The maximum absolute atomic E-state index is 13.5. The van der Waals surface area contributed by atoms with Crippen molar-refractivity contribution < 1.29 is 13.9 Å². The number of aromatic nitrogens is 2. The number of hydrogen-bond donors (Lipinski definition) is 1. The van der Waals surface area contributed by atoms with Crippen molar-refractivity contribution in [2.75, 3.05) is 6.61 Å². The van der Waals surface area contributed by atoms with Crippen LogP contribution in [0.2, 0.25) is 0 Å². The van der Waals surface area contributed by atoms with Crippen molar-refractivity contribution in [2.45, 2.75) is 46.2 Å². The molecule has 0 saturated heterocycles. The van der Waals surface area contributed by atoms with Gasteiger partial charge < -0.3 is 10.1 Å². The van der Waals surface area contributed by atoms with Crippen LogP contribution < -0.4 is 10.1 Å². The Morgan fingerprint density at radius 2 is 2.04 bits per heavy atom. The van der Waals surface area contributed by atoms with Crippen LogP contribution in [0, 0.1) is 5.82 Å². The molecule has 0 bridgehead atoms. The molecule has 24 heavy (non-hydrogen) atoms. The van der Waals surface area contributed by atoms with Gasteiger partial charge in [-0.25, -0.2) is 4.39 Å². The highest BCUT2D eigenvalue weighted by atomic mass is 19.1. The Morgan fingerprint density at radius 3 is 2.67 bits per heavy atom. The Labute approximate surface area is 141 Å². The van der Waals surface area contributed by atoms with E-state index >= 15 is 0 Å². The fourth-order valence-electron chi connectivity index (χ4n) is 2.32. The third-order valence-corrected chi connectivity index (χ3v) is 3.61. The minimum absolute atomic E-state index is 0.156. The summed E-state index contributed by atoms with van der Waals surface area (Å²) < 4.78 is 20.7. The number of amides is 1. The van der Waals surface area contributed by atoms with Crippen LogP contribution in [0.4, 0.5) is 4.39 Å². The van der Waals surface area contributed by atoms with E-state index in [9.17, 15) is 9.18 Å². The lowest BCUT2D eigenvalue weighted by Gasteiger charge is -2.15. The van der Waals surface area contributed by atoms with Gasteiger partial charge in [0.2, 0.25) is 0 Å². The molecule has 6 heteroatoms. The largest absolute Gasteiger partial charge is 0.488 e. The van der Waals surface area contributed by atoms with Crippen molar-refractivity contribution in [1.29, 1.82) is 0 Å². The van der Waals surface area contributed by atoms with Crippen LogP contribution in [-0.4, -0.2) is 28.3 Å². The summed E-state index contributed by atoms with van der Waals surface area (Å²) in [5.74, 6) is -0.269. The molecular weight excluding hydrogens is 309 g/mol. The lowest BCUT2D eigenvalue weighted by molar-refractivity contribution is 0.0924. The van der Waals surface area contributed by atoms with Crippen LogP contribution in [0.5, 0.6) is 5.75 Å². The van der Waals surface area contributed by atoms with Crippen molar-refractivity contribution in [1.82, 2.24) is 15.1 Å². The molecule has 0 spiro atoms. The maximum Gasteiger partial charge on any atom is 0.255 e. The second-order valence-electron chi connectivity index (χ2n) is 6.05. The van der Waals surface area contributed by atoms with Crippen molar-refractivity contribution >= 4 is 5.91 Å². The SMILES string of the molecule is CCn1cc(C(=O)N[C@@H](C)COc2ccccc2F)c(C(C)C)n1. The Balaban J connectivity index is 1.99. The van der Waals surface area contributed by atoms with Crippen molar-refractivity contribution in [3.8, 4) is 5.75 Å². The Morgan fingerprint density at radius 1 is 1.33 bits per heavy atom. The van der Waals surface area contributed by atoms with Gasteiger partial charge >= 0.3 is 0 Å². The van der Waals surface area contributed by atoms with Gasteiger partial charge in [-0.15, -0.1) is 0 Å².